The number of carbonyl (C=O) groups excluding carboxylic acids is 1. The van der Waals surface area contributed by atoms with E-state index in [2.05, 4.69) is 12.0 Å². The Kier molecular flexibility index (Phi) is 3.36. The van der Waals surface area contributed by atoms with Crippen LogP contribution in [0.25, 0.3) is 0 Å². The molecule has 2 heterocycles. The van der Waals surface area contributed by atoms with E-state index in [4.69, 9.17) is 5.73 Å². The van der Waals surface area contributed by atoms with Gasteiger partial charge in [0.25, 0.3) is 5.91 Å². The number of hydrogen-bond donors (Lipinski definition) is 1. The monoisotopic (exact) mass is 236 g/mol. The third-order valence-electron chi connectivity index (χ3n) is 3.42. The van der Waals surface area contributed by atoms with Gasteiger partial charge in [-0.2, -0.15) is 5.10 Å². The van der Waals surface area contributed by atoms with Crippen molar-refractivity contribution in [2.75, 3.05) is 12.3 Å². The summed E-state index contributed by atoms with van der Waals surface area (Å²) in [6, 6.07) is 0.345. The molecule has 0 spiro atoms. The number of piperidine rings is 1. The van der Waals surface area contributed by atoms with Crippen molar-refractivity contribution in [2.24, 2.45) is 7.05 Å². The zero-order valence-electron chi connectivity index (χ0n) is 10.5. The van der Waals surface area contributed by atoms with Gasteiger partial charge < -0.3 is 10.6 Å². The molecule has 1 amide bonds. The van der Waals surface area contributed by atoms with Crippen molar-refractivity contribution < 1.29 is 4.79 Å². The molecule has 0 aliphatic carbocycles. The maximum atomic E-state index is 12.4. The largest absolute Gasteiger partial charge is 0.396 e. The highest BCUT2D eigenvalue weighted by Crippen LogP contribution is 2.22. The van der Waals surface area contributed by atoms with Gasteiger partial charge >= 0.3 is 0 Å². The second-order valence-corrected chi connectivity index (χ2v) is 4.66. The molecular weight excluding hydrogens is 216 g/mol. The van der Waals surface area contributed by atoms with Gasteiger partial charge in [-0.3, -0.25) is 9.48 Å². The van der Waals surface area contributed by atoms with Gasteiger partial charge in [-0.05, 0) is 25.7 Å². The third kappa shape index (κ3) is 2.28. The van der Waals surface area contributed by atoms with Crippen LogP contribution in [0.2, 0.25) is 0 Å². The van der Waals surface area contributed by atoms with E-state index < -0.39 is 0 Å². The Morgan fingerprint density at radius 1 is 1.59 bits per heavy atom. The van der Waals surface area contributed by atoms with Crippen molar-refractivity contribution in [3.63, 3.8) is 0 Å². The first-order valence-electron chi connectivity index (χ1n) is 6.23. The molecule has 1 fully saturated rings. The molecule has 1 unspecified atom stereocenters. The number of nitrogens with zero attached hydrogens (tertiary/aromatic N) is 3. The zero-order chi connectivity index (χ0) is 12.4. The molecule has 17 heavy (non-hydrogen) atoms. The van der Waals surface area contributed by atoms with Crippen LogP contribution in [0.5, 0.6) is 0 Å². The van der Waals surface area contributed by atoms with Crippen molar-refractivity contribution in [3.05, 3.63) is 11.9 Å². The highest BCUT2D eigenvalue weighted by molar-refractivity contribution is 5.97. The highest BCUT2D eigenvalue weighted by atomic mass is 16.2. The Hall–Kier alpha value is -1.52. The second-order valence-electron chi connectivity index (χ2n) is 4.66. The first-order chi connectivity index (χ1) is 8.13. The van der Waals surface area contributed by atoms with Crippen molar-refractivity contribution >= 4 is 11.6 Å². The molecular formula is C12H20N4O. The van der Waals surface area contributed by atoms with Gasteiger partial charge in [-0.1, -0.05) is 6.92 Å². The van der Waals surface area contributed by atoms with Gasteiger partial charge in [-0.25, -0.2) is 0 Å². The molecule has 94 valence electrons. The summed E-state index contributed by atoms with van der Waals surface area (Å²) in [5.74, 6) is -0.0188. The van der Waals surface area contributed by atoms with E-state index in [1.54, 1.807) is 17.9 Å². The summed E-state index contributed by atoms with van der Waals surface area (Å²) in [5.41, 5.74) is 6.67. The van der Waals surface area contributed by atoms with Crippen molar-refractivity contribution in [1.29, 1.82) is 0 Å². The molecule has 1 saturated heterocycles. The van der Waals surface area contributed by atoms with Gasteiger partial charge in [0, 0.05) is 25.8 Å². The molecule has 5 nitrogen and oxygen atoms in total. The molecule has 0 bridgehead atoms. The predicted octanol–water partition coefficient (Wildman–Crippen LogP) is 1.41. The lowest BCUT2D eigenvalue weighted by Crippen LogP contribution is -2.43. The SMILES string of the molecule is CCC1CCCCN1C(=O)c1nn(C)cc1N. The Morgan fingerprint density at radius 2 is 2.35 bits per heavy atom. The molecule has 1 aliphatic rings. The average molecular weight is 236 g/mol. The van der Waals surface area contributed by atoms with Gasteiger partial charge in [0.1, 0.15) is 0 Å². The first kappa shape index (κ1) is 12.0. The number of aromatic nitrogens is 2. The summed E-state index contributed by atoms with van der Waals surface area (Å²) < 4.78 is 1.59. The van der Waals surface area contributed by atoms with Crippen LogP contribution in [0.1, 0.15) is 43.1 Å². The van der Waals surface area contributed by atoms with Crippen LogP contribution >= 0.6 is 0 Å². The summed E-state index contributed by atoms with van der Waals surface area (Å²) in [6.45, 7) is 2.95. The number of anilines is 1. The van der Waals surface area contributed by atoms with Crippen molar-refractivity contribution in [1.82, 2.24) is 14.7 Å². The van der Waals surface area contributed by atoms with Crippen LogP contribution in [0.15, 0.2) is 6.20 Å². The first-order valence-corrected chi connectivity index (χ1v) is 6.23. The summed E-state index contributed by atoms with van der Waals surface area (Å²) in [5, 5.41) is 4.15. The summed E-state index contributed by atoms with van der Waals surface area (Å²) in [7, 11) is 1.78. The fourth-order valence-corrected chi connectivity index (χ4v) is 2.50. The van der Waals surface area contributed by atoms with Crippen molar-refractivity contribution in [2.45, 2.75) is 38.6 Å². The van der Waals surface area contributed by atoms with Crippen LogP contribution in [0, 0.1) is 0 Å². The quantitative estimate of drug-likeness (QED) is 0.844. The molecule has 0 saturated carbocycles. The average Bonchev–Trinajstić information content (AvgIpc) is 2.67. The molecule has 0 radical (unpaired) electrons. The second kappa shape index (κ2) is 4.77. The lowest BCUT2D eigenvalue weighted by Gasteiger charge is -2.34. The number of hydrogen-bond acceptors (Lipinski definition) is 3. The number of nitrogen functional groups attached to an aromatic ring is 1. The fourth-order valence-electron chi connectivity index (χ4n) is 2.50. The molecule has 0 aromatic carbocycles. The highest BCUT2D eigenvalue weighted by Gasteiger charge is 2.28. The number of carbonyl (C=O) groups is 1. The van der Waals surface area contributed by atoms with E-state index in [0.717, 1.165) is 25.8 Å². The summed E-state index contributed by atoms with van der Waals surface area (Å²) >= 11 is 0. The number of rotatable bonds is 2. The van der Waals surface area contributed by atoms with Crippen LogP contribution in [0.3, 0.4) is 0 Å². The third-order valence-corrected chi connectivity index (χ3v) is 3.42. The van der Waals surface area contributed by atoms with Gasteiger partial charge in [-0.15, -0.1) is 0 Å². The smallest absolute Gasteiger partial charge is 0.276 e. The Morgan fingerprint density at radius 3 is 2.94 bits per heavy atom. The molecule has 1 aromatic rings. The number of amides is 1. The zero-order valence-corrected chi connectivity index (χ0v) is 10.5. The number of likely N-dealkylation sites (tertiary alicyclic amines) is 1. The lowest BCUT2D eigenvalue weighted by atomic mass is 9.99. The van der Waals surface area contributed by atoms with E-state index in [-0.39, 0.29) is 5.91 Å². The van der Waals surface area contributed by atoms with Crippen LogP contribution in [-0.4, -0.2) is 33.2 Å². The molecule has 1 atom stereocenters. The van der Waals surface area contributed by atoms with E-state index in [1.807, 2.05) is 4.90 Å². The van der Waals surface area contributed by atoms with Crippen LogP contribution < -0.4 is 5.73 Å². The standard InChI is InChI=1S/C12H20N4O/c1-3-9-6-4-5-7-16(9)12(17)11-10(13)8-15(2)14-11/h8-9H,3-7,13H2,1-2H3. The summed E-state index contributed by atoms with van der Waals surface area (Å²) in [6.07, 6.45) is 6.06. The molecule has 2 rings (SSSR count). The Bertz CT molecular complexity index is 413. The molecule has 2 N–H and O–H groups in total. The maximum absolute atomic E-state index is 12.4. The number of aryl methyl sites for hydroxylation is 1. The Balaban J connectivity index is 2.21. The summed E-state index contributed by atoms with van der Waals surface area (Å²) in [4.78, 5) is 14.3. The molecule has 5 heteroatoms. The van der Waals surface area contributed by atoms with Gasteiger partial charge in [0.15, 0.2) is 5.69 Å². The van der Waals surface area contributed by atoms with E-state index >= 15 is 0 Å². The fraction of sp³-hybridized carbons (Fsp3) is 0.667. The van der Waals surface area contributed by atoms with Gasteiger partial charge in [0.05, 0.1) is 5.69 Å². The Labute approximate surface area is 102 Å². The molecule has 1 aromatic heterocycles. The van der Waals surface area contributed by atoms with E-state index in [1.165, 1.54) is 6.42 Å². The van der Waals surface area contributed by atoms with Gasteiger partial charge in [0.2, 0.25) is 0 Å². The van der Waals surface area contributed by atoms with Crippen molar-refractivity contribution in [3.8, 4) is 0 Å². The minimum Gasteiger partial charge on any atom is -0.396 e. The molecule has 1 aliphatic heterocycles. The maximum Gasteiger partial charge on any atom is 0.276 e. The normalized spacial score (nSPS) is 20.6. The minimum atomic E-state index is -0.0188. The minimum absolute atomic E-state index is 0.0188. The van der Waals surface area contributed by atoms with E-state index in [9.17, 15) is 4.79 Å². The predicted molar refractivity (Wildman–Crippen MR) is 66.6 cm³/mol. The van der Waals surface area contributed by atoms with Crippen LogP contribution in [-0.2, 0) is 7.05 Å². The topological polar surface area (TPSA) is 64.2 Å². The van der Waals surface area contributed by atoms with E-state index in [0.29, 0.717) is 17.4 Å². The lowest BCUT2D eigenvalue weighted by molar-refractivity contribution is 0.0602. The van der Waals surface area contributed by atoms with Crippen LogP contribution in [0.4, 0.5) is 5.69 Å². The number of nitrogens with two attached hydrogens (primary N) is 1.